The Kier molecular flexibility index (Phi) is 2.25. The molecule has 0 spiro atoms. The molecule has 0 unspecified atom stereocenters. The van der Waals surface area contributed by atoms with Crippen molar-refractivity contribution in [3.05, 3.63) is 33.2 Å². The van der Waals surface area contributed by atoms with Crippen LogP contribution in [0.4, 0.5) is 0 Å². The van der Waals surface area contributed by atoms with Crippen LogP contribution in [0.5, 0.6) is 0 Å². The second kappa shape index (κ2) is 3.66. The van der Waals surface area contributed by atoms with E-state index in [0.29, 0.717) is 4.96 Å². The number of nitrogens with zero attached hydrogens (tertiary/aromatic N) is 2. The average Bonchev–Trinajstić information content (AvgIpc) is 3.02. The van der Waals surface area contributed by atoms with Gasteiger partial charge in [0.2, 0.25) is 0 Å². The molecular formula is C11H11N3O2S. The zero-order chi connectivity index (χ0) is 12.0. The van der Waals surface area contributed by atoms with Crippen LogP contribution in [0, 0.1) is 6.92 Å². The van der Waals surface area contributed by atoms with Crippen molar-refractivity contribution in [1.29, 1.82) is 0 Å². The van der Waals surface area contributed by atoms with Crippen molar-refractivity contribution in [2.24, 2.45) is 0 Å². The van der Waals surface area contributed by atoms with Crippen molar-refractivity contribution in [2.75, 3.05) is 0 Å². The lowest BCUT2D eigenvalue weighted by Gasteiger charge is -2.03. The molecule has 0 aromatic carbocycles. The summed E-state index contributed by atoms with van der Waals surface area (Å²) in [5, 5.41) is 4.65. The summed E-state index contributed by atoms with van der Waals surface area (Å²) in [6.07, 6.45) is 3.37. The van der Waals surface area contributed by atoms with Gasteiger partial charge in [0, 0.05) is 23.3 Å². The molecule has 0 saturated heterocycles. The van der Waals surface area contributed by atoms with E-state index >= 15 is 0 Å². The first-order valence-corrected chi connectivity index (χ1v) is 6.31. The van der Waals surface area contributed by atoms with E-state index in [1.807, 2.05) is 12.3 Å². The molecule has 1 N–H and O–H groups in total. The number of hydrogen-bond acceptors (Lipinski definition) is 4. The lowest BCUT2D eigenvalue weighted by atomic mass is 10.3. The van der Waals surface area contributed by atoms with Crippen LogP contribution in [-0.2, 0) is 0 Å². The molecule has 1 aliphatic rings. The quantitative estimate of drug-likeness (QED) is 0.862. The molecule has 1 aliphatic carbocycles. The summed E-state index contributed by atoms with van der Waals surface area (Å²) in [5.74, 6) is -0.315. The highest BCUT2D eigenvalue weighted by Gasteiger charge is 2.25. The minimum atomic E-state index is -0.315. The van der Waals surface area contributed by atoms with Gasteiger partial charge < -0.3 is 5.32 Å². The van der Waals surface area contributed by atoms with Crippen molar-refractivity contribution >= 4 is 22.2 Å². The third-order valence-corrected chi connectivity index (χ3v) is 3.73. The first-order valence-electron chi connectivity index (χ1n) is 5.43. The Morgan fingerprint density at radius 3 is 3.06 bits per heavy atom. The Balaban J connectivity index is 2.09. The molecule has 17 heavy (non-hydrogen) atoms. The van der Waals surface area contributed by atoms with Crippen LogP contribution in [0.15, 0.2) is 16.4 Å². The third kappa shape index (κ3) is 1.74. The predicted molar refractivity (Wildman–Crippen MR) is 64.6 cm³/mol. The van der Waals surface area contributed by atoms with E-state index in [9.17, 15) is 9.59 Å². The second-order valence-electron chi connectivity index (χ2n) is 4.22. The standard InChI is InChI=1S/C11H11N3O2S/c1-6-5-17-11-12-4-8(10(16)14(6)11)9(15)13-7-2-3-7/h4-5,7H,2-3H2,1H3,(H,13,15). The van der Waals surface area contributed by atoms with Crippen LogP contribution in [0.1, 0.15) is 28.9 Å². The fraction of sp³-hybridized carbons (Fsp3) is 0.364. The van der Waals surface area contributed by atoms with Crippen LogP contribution in [0.3, 0.4) is 0 Å². The van der Waals surface area contributed by atoms with E-state index in [0.717, 1.165) is 18.5 Å². The molecular weight excluding hydrogens is 238 g/mol. The highest BCUT2D eigenvalue weighted by Crippen LogP contribution is 2.19. The lowest BCUT2D eigenvalue weighted by molar-refractivity contribution is 0.0949. The molecule has 0 atom stereocenters. The van der Waals surface area contributed by atoms with E-state index in [4.69, 9.17) is 0 Å². The number of carbonyl (C=O) groups excluding carboxylic acids is 1. The first-order chi connectivity index (χ1) is 8.16. The zero-order valence-corrected chi connectivity index (χ0v) is 10.1. The summed E-state index contributed by atoms with van der Waals surface area (Å²) >= 11 is 1.39. The monoisotopic (exact) mass is 249 g/mol. The van der Waals surface area contributed by atoms with Crippen molar-refractivity contribution in [2.45, 2.75) is 25.8 Å². The van der Waals surface area contributed by atoms with Crippen LogP contribution in [0.2, 0.25) is 0 Å². The van der Waals surface area contributed by atoms with Gasteiger partial charge in [0.05, 0.1) is 0 Å². The molecule has 0 bridgehead atoms. The first kappa shape index (κ1) is 10.5. The van der Waals surface area contributed by atoms with Gasteiger partial charge in [-0.25, -0.2) is 4.98 Å². The maximum Gasteiger partial charge on any atom is 0.271 e. The van der Waals surface area contributed by atoms with Gasteiger partial charge in [0.25, 0.3) is 11.5 Å². The van der Waals surface area contributed by atoms with Crippen molar-refractivity contribution in [1.82, 2.24) is 14.7 Å². The number of thiazole rings is 1. The largest absolute Gasteiger partial charge is 0.349 e. The number of rotatable bonds is 2. The van der Waals surface area contributed by atoms with Gasteiger partial charge in [-0.2, -0.15) is 0 Å². The van der Waals surface area contributed by atoms with Crippen LogP contribution < -0.4 is 10.9 Å². The topological polar surface area (TPSA) is 63.5 Å². The lowest BCUT2D eigenvalue weighted by Crippen LogP contribution is -2.32. The minimum absolute atomic E-state index is 0.121. The van der Waals surface area contributed by atoms with E-state index in [-0.39, 0.29) is 23.1 Å². The van der Waals surface area contributed by atoms with Gasteiger partial charge >= 0.3 is 0 Å². The second-order valence-corrected chi connectivity index (χ2v) is 5.06. The van der Waals surface area contributed by atoms with Crippen molar-refractivity contribution in [3.8, 4) is 0 Å². The molecule has 1 saturated carbocycles. The van der Waals surface area contributed by atoms with E-state index in [1.54, 1.807) is 0 Å². The van der Waals surface area contributed by atoms with Crippen LogP contribution in [-0.4, -0.2) is 21.3 Å². The Hall–Kier alpha value is -1.69. The molecule has 1 amide bonds. The maximum atomic E-state index is 12.1. The number of aromatic nitrogens is 2. The van der Waals surface area contributed by atoms with Gasteiger partial charge in [-0.15, -0.1) is 11.3 Å². The van der Waals surface area contributed by atoms with E-state index < -0.39 is 0 Å². The smallest absolute Gasteiger partial charge is 0.271 e. The molecule has 88 valence electrons. The highest BCUT2D eigenvalue weighted by molar-refractivity contribution is 7.15. The van der Waals surface area contributed by atoms with E-state index in [1.165, 1.54) is 21.9 Å². The Labute approximate surface area is 101 Å². The normalized spacial score (nSPS) is 15.1. The summed E-state index contributed by atoms with van der Waals surface area (Å²) in [6.45, 7) is 1.83. The maximum absolute atomic E-state index is 12.1. The minimum Gasteiger partial charge on any atom is -0.349 e. The highest BCUT2D eigenvalue weighted by atomic mass is 32.1. The van der Waals surface area contributed by atoms with E-state index in [2.05, 4.69) is 10.3 Å². The Morgan fingerprint density at radius 1 is 1.59 bits per heavy atom. The molecule has 6 heteroatoms. The summed E-state index contributed by atoms with van der Waals surface area (Å²) in [7, 11) is 0. The number of hydrogen-bond donors (Lipinski definition) is 1. The van der Waals surface area contributed by atoms with Gasteiger partial charge in [0.1, 0.15) is 5.56 Å². The number of aryl methyl sites for hydroxylation is 1. The predicted octanol–water partition coefficient (Wildman–Crippen LogP) is 0.957. The van der Waals surface area contributed by atoms with Gasteiger partial charge in [0.15, 0.2) is 4.96 Å². The molecule has 2 aromatic heterocycles. The van der Waals surface area contributed by atoms with Gasteiger partial charge in [-0.3, -0.25) is 14.0 Å². The summed E-state index contributed by atoms with van der Waals surface area (Å²) < 4.78 is 1.48. The molecule has 3 rings (SSSR count). The molecule has 1 fully saturated rings. The molecule has 0 radical (unpaired) electrons. The molecule has 0 aliphatic heterocycles. The van der Waals surface area contributed by atoms with Crippen molar-refractivity contribution < 1.29 is 4.79 Å². The summed E-state index contributed by atoms with van der Waals surface area (Å²) in [6, 6.07) is 0.242. The summed E-state index contributed by atoms with van der Waals surface area (Å²) in [4.78, 5) is 28.7. The Bertz CT molecular complexity index is 654. The fourth-order valence-electron chi connectivity index (χ4n) is 1.67. The van der Waals surface area contributed by atoms with Crippen molar-refractivity contribution in [3.63, 3.8) is 0 Å². The molecule has 2 heterocycles. The Morgan fingerprint density at radius 2 is 2.35 bits per heavy atom. The van der Waals surface area contributed by atoms with Crippen LogP contribution in [0.25, 0.3) is 4.96 Å². The number of amides is 1. The van der Waals surface area contributed by atoms with Gasteiger partial charge in [-0.1, -0.05) is 0 Å². The number of nitrogens with one attached hydrogen (secondary N) is 1. The molecule has 2 aromatic rings. The van der Waals surface area contributed by atoms with Crippen LogP contribution >= 0.6 is 11.3 Å². The summed E-state index contributed by atoms with van der Waals surface area (Å²) in [5.41, 5.74) is 0.645. The molecule has 5 nitrogen and oxygen atoms in total. The number of carbonyl (C=O) groups is 1. The zero-order valence-electron chi connectivity index (χ0n) is 9.27. The third-order valence-electron chi connectivity index (χ3n) is 2.77. The number of fused-ring (bicyclic) bond motifs is 1. The SMILES string of the molecule is Cc1csc2ncc(C(=O)NC3CC3)c(=O)n12. The average molecular weight is 249 g/mol. The fourth-order valence-corrected chi connectivity index (χ4v) is 2.50. The van der Waals surface area contributed by atoms with Gasteiger partial charge in [-0.05, 0) is 19.8 Å².